The SMILES string of the molecule is CC[C@@H]1c2ccsc2CCN1C(=O)CCn1c(-c2ccc(OC)cc2)n[nH]c1=S. The molecule has 0 radical (unpaired) electrons. The summed E-state index contributed by atoms with van der Waals surface area (Å²) in [4.78, 5) is 16.5. The highest BCUT2D eigenvalue weighted by molar-refractivity contribution is 7.71. The van der Waals surface area contributed by atoms with Crippen molar-refractivity contribution in [3.8, 4) is 17.1 Å². The molecule has 1 aliphatic heterocycles. The van der Waals surface area contributed by atoms with E-state index in [4.69, 9.17) is 17.0 Å². The van der Waals surface area contributed by atoms with Crippen LogP contribution in [0.2, 0.25) is 0 Å². The molecule has 0 bridgehead atoms. The monoisotopic (exact) mass is 428 g/mol. The van der Waals surface area contributed by atoms with Gasteiger partial charge in [0, 0.05) is 30.0 Å². The van der Waals surface area contributed by atoms with Crippen LogP contribution in [0.1, 0.15) is 36.2 Å². The number of ether oxygens (including phenoxy) is 1. The number of carbonyl (C=O) groups excluding carboxylic acids is 1. The van der Waals surface area contributed by atoms with Crippen molar-refractivity contribution >= 4 is 29.5 Å². The zero-order valence-corrected chi connectivity index (χ0v) is 18.2. The highest BCUT2D eigenvalue weighted by Crippen LogP contribution is 2.35. The summed E-state index contributed by atoms with van der Waals surface area (Å²) in [5.74, 6) is 1.68. The molecule has 6 nitrogen and oxygen atoms in total. The Bertz CT molecular complexity index is 1050. The smallest absolute Gasteiger partial charge is 0.224 e. The van der Waals surface area contributed by atoms with Crippen LogP contribution in [0.3, 0.4) is 0 Å². The summed E-state index contributed by atoms with van der Waals surface area (Å²) in [5, 5.41) is 9.36. The van der Waals surface area contributed by atoms with Gasteiger partial charge in [-0.05, 0) is 66.3 Å². The molecule has 8 heteroatoms. The van der Waals surface area contributed by atoms with E-state index in [0.717, 1.165) is 36.5 Å². The van der Waals surface area contributed by atoms with Crippen molar-refractivity contribution in [2.75, 3.05) is 13.7 Å². The zero-order chi connectivity index (χ0) is 20.4. The molecule has 0 spiro atoms. The summed E-state index contributed by atoms with van der Waals surface area (Å²) >= 11 is 7.21. The summed E-state index contributed by atoms with van der Waals surface area (Å²) in [7, 11) is 1.64. The van der Waals surface area contributed by atoms with Crippen LogP contribution in [0.5, 0.6) is 5.75 Å². The van der Waals surface area contributed by atoms with E-state index in [1.807, 2.05) is 33.7 Å². The molecule has 29 heavy (non-hydrogen) atoms. The van der Waals surface area contributed by atoms with Crippen molar-refractivity contribution in [2.45, 2.75) is 38.8 Å². The normalized spacial score (nSPS) is 15.9. The summed E-state index contributed by atoms with van der Waals surface area (Å²) in [6, 6.07) is 10.0. The zero-order valence-electron chi connectivity index (χ0n) is 16.6. The van der Waals surface area contributed by atoms with Crippen molar-refractivity contribution < 1.29 is 9.53 Å². The van der Waals surface area contributed by atoms with Gasteiger partial charge in [-0.1, -0.05) is 6.92 Å². The Morgan fingerprint density at radius 1 is 1.34 bits per heavy atom. The molecular weight excluding hydrogens is 404 g/mol. The van der Waals surface area contributed by atoms with E-state index in [2.05, 4.69) is 28.6 Å². The van der Waals surface area contributed by atoms with Gasteiger partial charge >= 0.3 is 0 Å². The molecule has 1 aliphatic rings. The molecule has 0 fully saturated rings. The number of benzene rings is 1. The molecule has 0 aliphatic carbocycles. The van der Waals surface area contributed by atoms with Crippen molar-refractivity contribution in [3.63, 3.8) is 0 Å². The van der Waals surface area contributed by atoms with Gasteiger partial charge < -0.3 is 9.64 Å². The lowest BCUT2D eigenvalue weighted by Gasteiger charge is -2.35. The van der Waals surface area contributed by atoms with Crippen molar-refractivity contribution in [3.05, 3.63) is 50.9 Å². The van der Waals surface area contributed by atoms with Gasteiger partial charge in [0.25, 0.3) is 0 Å². The minimum absolute atomic E-state index is 0.164. The summed E-state index contributed by atoms with van der Waals surface area (Å²) in [6.45, 7) is 3.43. The van der Waals surface area contributed by atoms with Gasteiger partial charge in [-0.2, -0.15) is 5.10 Å². The van der Waals surface area contributed by atoms with Gasteiger partial charge in [0.15, 0.2) is 10.6 Å². The molecular formula is C21H24N4O2S2. The largest absolute Gasteiger partial charge is 0.497 e. The molecule has 0 saturated heterocycles. The first-order valence-corrected chi connectivity index (χ1v) is 11.1. The van der Waals surface area contributed by atoms with Crippen molar-refractivity contribution in [1.82, 2.24) is 19.7 Å². The van der Waals surface area contributed by atoms with Crippen LogP contribution in [0.4, 0.5) is 0 Å². The van der Waals surface area contributed by atoms with Gasteiger partial charge in [0.1, 0.15) is 5.75 Å². The number of nitrogens with zero attached hydrogens (tertiary/aromatic N) is 3. The number of hydrogen-bond donors (Lipinski definition) is 1. The molecule has 1 atom stereocenters. The summed E-state index contributed by atoms with van der Waals surface area (Å²) in [5.41, 5.74) is 2.24. The number of H-pyrrole nitrogens is 1. The van der Waals surface area contributed by atoms with Crippen LogP contribution >= 0.6 is 23.6 Å². The van der Waals surface area contributed by atoms with Gasteiger partial charge in [0.2, 0.25) is 5.91 Å². The lowest BCUT2D eigenvalue weighted by molar-refractivity contribution is -0.134. The van der Waals surface area contributed by atoms with Crippen LogP contribution < -0.4 is 4.74 Å². The lowest BCUT2D eigenvalue weighted by Crippen LogP contribution is -2.39. The molecule has 4 rings (SSSR count). The number of fused-ring (bicyclic) bond motifs is 1. The standard InChI is InChI=1S/C21H24N4O2S2/c1-3-17-16-10-13-29-18(16)8-11-24(17)19(26)9-12-25-20(22-23-21(25)28)14-4-6-15(27-2)7-5-14/h4-7,10,13,17H,3,8-9,11-12H2,1-2H3,(H,23,28)/t17-/m1/s1. The van der Waals surface area contributed by atoms with Gasteiger partial charge in [-0.25, -0.2) is 0 Å². The molecule has 2 aromatic heterocycles. The number of rotatable bonds is 6. The quantitative estimate of drug-likeness (QED) is 0.583. The van der Waals surface area contributed by atoms with E-state index in [0.29, 0.717) is 17.7 Å². The van der Waals surface area contributed by atoms with Crippen LogP contribution in [-0.4, -0.2) is 39.2 Å². The number of hydrogen-bond acceptors (Lipinski definition) is 5. The molecule has 3 heterocycles. The number of aromatic amines is 1. The fourth-order valence-corrected chi connectivity index (χ4v) is 5.12. The summed E-state index contributed by atoms with van der Waals surface area (Å²) in [6.07, 6.45) is 2.27. The second-order valence-corrected chi connectivity index (χ2v) is 8.43. The topological polar surface area (TPSA) is 63.1 Å². The Morgan fingerprint density at radius 3 is 2.86 bits per heavy atom. The number of thiophene rings is 1. The minimum Gasteiger partial charge on any atom is -0.497 e. The Morgan fingerprint density at radius 2 is 2.14 bits per heavy atom. The van der Waals surface area contributed by atoms with Gasteiger partial charge in [-0.15, -0.1) is 11.3 Å². The van der Waals surface area contributed by atoms with Crippen LogP contribution in [0.15, 0.2) is 35.7 Å². The first kappa shape index (κ1) is 19.8. The highest BCUT2D eigenvalue weighted by Gasteiger charge is 2.30. The van der Waals surface area contributed by atoms with Crippen LogP contribution in [0, 0.1) is 4.77 Å². The second kappa shape index (κ2) is 8.51. The van der Waals surface area contributed by atoms with E-state index in [9.17, 15) is 4.79 Å². The van der Waals surface area contributed by atoms with Crippen molar-refractivity contribution in [1.29, 1.82) is 0 Å². The van der Waals surface area contributed by atoms with Crippen LogP contribution in [-0.2, 0) is 17.8 Å². The Labute approximate surface area is 179 Å². The predicted molar refractivity (Wildman–Crippen MR) is 117 cm³/mol. The average Bonchev–Trinajstić information content (AvgIpc) is 3.37. The first-order chi connectivity index (χ1) is 14.1. The fourth-order valence-electron chi connectivity index (χ4n) is 3.97. The third kappa shape index (κ3) is 3.86. The third-order valence-electron chi connectivity index (χ3n) is 5.46. The van der Waals surface area contributed by atoms with Gasteiger partial charge in [-0.3, -0.25) is 14.5 Å². The maximum atomic E-state index is 13.1. The molecule has 1 aromatic carbocycles. The molecule has 3 aromatic rings. The molecule has 0 saturated carbocycles. The fraction of sp³-hybridized carbons (Fsp3) is 0.381. The van der Waals surface area contributed by atoms with Crippen molar-refractivity contribution in [2.24, 2.45) is 0 Å². The van der Waals surface area contributed by atoms with E-state index in [-0.39, 0.29) is 11.9 Å². The number of amides is 1. The summed E-state index contributed by atoms with van der Waals surface area (Å²) < 4.78 is 7.64. The second-order valence-electron chi connectivity index (χ2n) is 7.04. The first-order valence-electron chi connectivity index (χ1n) is 9.77. The molecule has 152 valence electrons. The van der Waals surface area contributed by atoms with E-state index >= 15 is 0 Å². The maximum absolute atomic E-state index is 13.1. The predicted octanol–water partition coefficient (Wildman–Crippen LogP) is 4.60. The van der Waals surface area contributed by atoms with Gasteiger partial charge in [0.05, 0.1) is 13.2 Å². The average molecular weight is 429 g/mol. The third-order valence-corrected chi connectivity index (χ3v) is 6.77. The number of carbonyl (C=O) groups is 1. The maximum Gasteiger partial charge on any atom is 0.224 e. The van der Waals surface area contributed by atoms with Crippen LogP contribution in [0.25, 0.3) is 11.4 Å². The Kier molecular flexibility index (Phi) is 5.82. The van der Waals surface area contributed by atoms with E-state index < -0.39 is 0 Å². The highest BCUT2D eigenvalue weighted by atomic mass is 32.1. The Balaban J connectivity index is 1.50. The number of aromatic nitrogens is 3. The van der Waals surface area contributed by atoms with E-state index in [1.165, 1.54) is 10.4 Å². The molecule has 1 N–H and O–H groups in total. The number of methoxy groups -OCH3 is 1. The van der Waals surface area contributed by atoms with E-state index in [1.54, 1.807) is 18.4 Å². The molecule has 1 amide bonds. The minimum atomic E-state index is 0.164. The Hall–Kier alpha value is -2.45. The lowest BCUT2D eigenvalue weighted by atomic mass is 9.97. The number of nitrogens with one attached hydrogen (secondary N) is 1. The molecule has 0 unspecified atom stereocenters.